The Balaban J connectivity index is 2.05. The van der Waals surface area contributed by atoms with Crippen molar-refractivity contribution in [3.8, 4) is 0 Å². The fraction of sp³-hybridized carbons (Fsp3) is 0.867. The van der Waals surface area contributed by atoms with Gasteiger partial charge in [0.15, 0.2) is 0 Å². The predicted octanol–water partition coefficient (Wildman–Crippen LogP) is 1.74. The van der Waals surface area contributed by atoms with Crippen LogP contribution in [0.4, 0.5) is 0 Å². The summed E-state index contributed by atoms with van der Waals surface area (Å²) in [6.45, 7) is 7.22. The second-order valence-corrected chi connectivity index (χ2v) is 9.37. The molecule has 2 aliphatic carbocycles. The van der Waals surface area contributed by atoms with Gasteiger partial charge >= 0.3 is 5.97 Å². The summed E-state index contributed by atoms with van der Waals surface area (Å²) in [6, 6.07) is 0. The molecule has 2 aliphatic rings. The quantitative estimate of drug-likeness (QED) is 0.749. The summed E-state index contributed by atoms with van der Waals surface area (Å²) >= 11 is 0. The van der Waals surface area contributed by atoms with E-state index in [9.17, 15) is 18.0 Å². The number of carbonyl (C=O) groups is 2. The predicted molar refractivity (Wildman–Crippen MR) is 81.4 cm³/mol. The van der Waals surface area contributed by atoms with E-state index in [1.165, 1.54) is 0 Å². The number of carbonyl (C=O) groups excluding carboxylic acids is 2. The Bertz CT molecular complexity index is 573. The molecule has 2 fully saturated rings. The molecule has 0 unspecified atom stereocenters. The second-order valence-electron chi connectivity index (χ2n) is 7.40. The van der Waals surface area contributed by atoms with E-state index in [0.29, 0.717) is 19.3 Å². The van der Waals surface area contributed by atoms with Crippen molar-refractivity contribution >= 4 is 21.9 Å². The van der Waals surface area contributed by atoms with Crippen molar-refractivity contribution in [1.82, 2.24) is 4.72 Å². The molecule has 1 amide bonds. The average molecular weight is 331 g/mol. The number of rotatable bonds is 6. The van der Waals surface area contributed by atoms with Gasteiger partial charge < -0.3 is 4.74 Å². The van der Waals surface area contributed by atoms with Gasteiger partial charge in [-0.1, -0.05) is 13.3 Å². The molecule has 2 rings (SSSR count). The van der Waals surface area contributed by atoms with Crippen LogP contribution in [-0.4, -0.2) is 31.1 Å². The Morgan fingerprint density at radius 3 is 2.27 bits per heavy atom. The topological polar surface area (TPSA) is 89.5 Å². The lowest BCUT2D eigenvalue weighted by Gasteiger charge is -2.22. The molecule has 7 heteroatoms. The summed E-state index contributed by atoms with van der Waals surface area (Å²) in [6.07, 6.45) is 2.40. The first kappa shape index (κ1) is 17.2. The Kier molecular flexibility index (Phi) is 4.32. The van der Waals surface area contributed by atoms with Gasteiger partial charge in [0.25, 0.3) is 0 Å². The van der Waals surface area contributed by atoms with Crippen LogP contribution in [0.15, 0.2) is 0 Å². The van der Waals surface area contributed by atoms with Crippen LogP contribution in [0, 0.1) is 11.3 Å². The molecule has 0 aromatic rings. The van der Waals surface area contributed by atoms with Gasteiger partial charge in [0.05, 0.1) is 17.1 Å². The molecule has 1 N–H and O–H groups in total. The van der Waals surface area contributed by atoms with E-state index >= 15 is 0 Å². The van der Waals surface area contributed by atoms with Crippen molar-refractivity contribution in [2.45, 2.75) is 70.7 Å². The van der Waals surface area contributed by atoms with E-state index in [0.717, 1.165) is 6.42 Å². The highest BCUT2D eigenvalue weighted by Crippen LogP contribution is 2.57. The number of sulfonamides is 1. The fourth-order valence-corrected chi connectivity index (χ4v) is 4.20. The molecule has 0 aromatic heterocycles. The number of ether oxygens (including phenoxy) is 1. The maximum Gasteiger partial charge on any atom is 0.307 e. The van der Waals surface area contributed by atoms with Gasteiger partial charge in [-0.25, -0.2) is 8.42 Å². The Hall–Kier alpha value is -1.11. The van der Waals surface area contributed by atoms with Gasteiger partial charge in [-0.05, 0) is 46.0 Å². The number of hydrogen-bond acceptors (Lipinski definition) is 5. The third-order valence-electron chi connectivity index (χ3n) is 4.25. The minimum Gasteiger partial charge on any atom is -0.460 e. The van der Waals surface area contributed by atoms with E-state index in [2.05, 4.69) is 4.72 Å². The first-order valence-electron chi connectivity index (χ1n) is 7.78. The van der Waals surface area contributed by atoms with Gasteiger partial charge in [0, 0.05) is 0 Å². The van der Waals surface area contributed by atoms with E-state index in [1.807, 2.05) is 6.92 Å². The van der Waals surface area contributed by atoms with Crippen molar-refractivity contribution < 1.29 is 22.7 Å². The van der Waals surface area contributed by atoms with Gasteiger partial charge in [-0.3, -0.25) is 14.3 Å². The summed E-state index contributed by atoms with van der Waals surface area (Å²) in [5.41, 5.74) is -1.54. The smallest absolute Gasteiger partial charge is 0.307 e. The van der Waals surface area contributed by atoms with Crippen molar-refractivity contribution in [1.29, 1.82) is 0 Å². The Morgan fingerprint density at radius 2 is 1.86 bits per heavy atom. The SMILES string of the molecule is CC[C@@H]1C[C@]1(CC(=O)OC(C)(C)C)C(=O)NS(=O)(=O)C1CC1. The molecule has 2 saturated carbocycles. The number of nitrogens with one attached hydrogen (secondary N) is 1. The van der Waals surface area contributed by atoms with Crippen LogP contribution in [0.5, 0.6) is 0 Å². The fourth-order valence-electron chi connectivity index (χ4n) is 2.82. The second kappa shape index (κ2) is 5.51. The highest BCUT2D eigenvalue weighted by molar-refractivity contribution is 7.90. The molecular formula is C15H25NO5S. The van der Waals surface area contributed by atoms with Crippen LogP contribution in [0.1, 0.15) is 59.8 Å². The van der Waals surface area contributed by atoms with Crippen LogP contribution in [0.25, 0.3) is 0 Å². The number of esters is 1. The van der Waals surface area contributed by atoms with Crippen LogP contribution in [0.3, 0.4) is 0 Å². The first-order chi connectivity index (χ1) is 10.00. The molecule has 126 valence electrons. The van der Waals surface area contributed by atoms with E-state index in [-0.39, 0.29) is 12.3 Å². The van der Waals surface area contributed by atoms with Gasteiger partial charge in [0.2, 0.25) is 15.9 Å². The number of amides is 1. The highest BCUT2D eigenvalue weighted by atomic mass is 32.2. The summed E-state index contributed by atoms with van der Waals surface area (Å²) in [4.78, 5) is 24.5. The molecular weight excluding hydrogens is 306 g/mol. The zero-order valence-corrected chi connectivity index (χ0v) is 14.5. The first-order valence-corrected chi connectivity index (χ1v) is 9.33. The summed E-state index contributed by atoms with van der Waals surface area (Å²) in [5, 5.41) is -0.450. The zero-order chi connectivity index (χ0) is 16.8. The van der Waals surface area contributed by atoms with Crippen LogP contribution >= 0.6 is 0 Å². The van der Waals surface area contributed by atoms with E-state index < -0.39 is 38.2 Å². The summed E-state index contributed by atoms with van der Waals surface area (Å²) in [7, 11) is -3.58. The average Bonchev–Trinajstić information content (AvgIpc) is 3.20. The summed E-state index contributed by atoms with van der Waals surface area (Å²) in [5.74, 6) is -0.964. The molecule has 0 aromatic carbocycles. The third-order valence-corrected chi connectivity index (χ3v) is 6.07. The maximum absolute atomic E-state index is 12.4. The highest BCUT2D eigenvalue weighted by Gasteiger charge is 2.61. The normalized spacial score (nSPS) is 28.1. The lowest BCUT2D eigenvalue weighted by molar-refractivity contribution is -0.158. The molecule has 0 aliphatic heterocycles. The number of hydrogen-bond donors (Lipinski definition) is 1. The molecule has 0 spiro atoms. The minimum atomic E-state index is -3.58. The van der Waals surface area contributed by atoms with Crippen molar-refractivity contribution in [2.24, 2.45) is 11.3 Å². The molecule has 0 heterocycles. The molecule has 22 heavy (non-hydrogen) atoms. The van der Waals surface area contributed by atoms with Crippen molar-refractivity contribution in [2.75, 3.05) is 0 Å². The lowest BCUT2D eigenvalue weighted by atomic mass is 9.97. The van der Waals surface area contributed by atoms with E-state index in [1.54, 1.807) is 20.8 Å². The van der Waals surface area contributed by atoms with Crippen LogP contribution < -0.4 is 4.72 Å². The molecule has 2 atom stereocenters. The van der Waals surface area contributed by atoms with Gasteiger partial charge in [-0.2, -0.15) is 0 Å². The Morgan fingerprint density at radius 1 is 1.27 bits per heavy atom. The molecule has 6 nitrogen and oxygen atoms in total. The third kappa shape index (κ3) is 3.80. The van der Waals surface area contributed by atoms with Crippen LogP contribution in [-0.2, 0) is 24.3 Å². The molecule has 0 radical (unpaired) electrons. The monoisotopic (exact) mass is 331 g/mol. The van der Waals surface area contributed by atoms with Crippen molar-refractivity contribution in [3.05, 3.63) is 0 Å². The van der Waals surface area contributed by atoms with Crippen molar-refractivity contribution in [3.63, 3.8) is 0 Å². The maximum atomic E-state index is 12.4. The van der Waals surface area contributed by atoms with E-state index in [4.69, 9.17) is 4.74 Å². The largest absolute Gasteiger partial charge is 0.460 e. The minimum absolute atomic E-state index is 0.0365. The lowest BCUT2D eigenvalue weighted by Crippen LogP contribution is -2.41. The summed E-state index contributed by atoms with van der Waals surface area (Å²) < 4.78 is 31.3. The van der Waals surface area contributed by atoms with Gasteiger partial charge in [0.1, 0.15) is 5.60 Å². The standard InChI is InChI=1S/C15H25NO5S/c1-5-10-8-15(10,9-12(17)21-14(2,3)4)13(18)16-22(19,20)11-6-7-11/h10-11H,5-9H2,1-4H3,(H,16,18)/t10-,15-/m1/s1. The van der Waals surface area contributed by atoms with Crippen LogP contribution in [0.2, 0.25) is 0 Å². The van der Waals surface area contributed by atoms with Gasteiger partial charge in [-0.15, -0.1) is 0 Å². The Labute approximate surface area is 132 Å². The molecule has 0 bridgehead atoms. The zero-order valence-electron chi connectivity index (χ0n) is 13.6. The molecule has 0 saturated heterocycles.